The zero-order chi connectivity index (χ0) is 15.1. The van der Waals surface area contributed by atoms with Crippen molar-refractivity contribution in [1.29, 1.82) is 0 Å². The lowest BCUT2D eigenvalue weighted by Crippen LogP contribution is -2.38. The minimum atomic E-state index is -0.0767. The highest BCUT2D eigenvalue weighted by Gasteiger charge is 2.48. The second-order valence-corrected chi connectivity index (χ2v) is 6.39. The molecule has 0 bridgehead atoms. The van der Waals surface area contributed by atoms with Gasteiger partial charge in [-0.25, -0.2) is 5.06 Å². The number of aryl methyl sites for hydroxylation is 1. The highest BCUT2D eigenvalue weighted by atomic mass is 16.7. The molecule has 0 spiro atoms. The Morgan fingerprint density at radius 3 is 3.09 bits per heavy atom. The van der Waals surface area contributed by atoms with Crippen molar-refractivity contribution in [3.8, 4) is 0 Å². The van der Waals surface area contributed by atoms with Gasteiger partial charge in [0.15, 0.2) is 0 Å². The molecule has 4 heterocycles. The van der Waals surface area contributed by atoms with Crippen LogP contribution in [0.2, 0.25) is 0 Å². The highest BCUT2D eigenvalue weighted by molar-refractivity contribution is 5.79. The quantitative estimate of drug-likeness (QED) is 0.814. The van der Waals surface area contributed by atoms with Crippen LogP contribution >= 0.6 is 0 Å². The van der Waals surface area contributed by atoms with Crippen LogP contribution in [0.3, 0.4) is 0 Å². The molecule has 0 N–H and O–H groups in total. The van der Waals surface area contributed by atoms with Gasteiger partial charge in [-0.2, -0.15) is 0 Å². The molecular weight excluding hydrogens is 286 g/mol. The maximum atomic E-state index is 12.5. The Morgan fingerprint density at radius 2 is 2.36 bits per heavy atom. The molecule has 4 rings (SSSR count). The fourth-order valence-electron chi connectivity index (χ4n) is 3.70. The standard InChI is InChI=1S/C15H21N3O4/c1-10-5-11(16-22-10)6-17-7-12-13(9-20-14(12)8-17)15(19)18-3-2-4-21-18/h5,12-14H,2-4,6-9H2,1H3/t12-,13+,14-/m0/s1. The van der Waals surface area contributed by atoms with Crippen LogP contribution < -0.4 is 0 Å². The molecule has 3 fully saturated rings. The van der Waals surface area contributed by atoms with Crippen LogP contribution in [0.5, 0.6) is 0 Å². The van der Waals surface area contributed by atoms with Gasteiger partial charge in [-0.3, -0.25) is 14.5 Å². The number of rotatable bonds is 3. The van der Waals surface area contributed by atoms with Crippen molar-refractivity contribution in [1.82, 2.24) is 15.1 Å². The van der Waals surface area contributed by atoms with E-state index in [-0.39, 0.29) is 23.8 Å². The average molecular weight is 307 g/mol. The summed E-state index contributed by atoms with van der Waals surface area (Å²) >= 11 is 0. The predicted octanol–water partition coefficient (Wildman–Crippen LogP) is 0.594. The molecule has 1 aromatic rings. The first-order valence-corrected chi connectivity index (χ1v) is 7.91. The fourth-order valence-corrected chi connectivity index (χ4v) is 3.70. The molecule has 3 aliphatic heterocycles. The van der Waals surface area contributed by atoms with E-state index in [1.54, 1.807) is 0 Å². The normalized spacial score (nSPS) is 31.9. The second-order valence-electron chi connectivity index (χ2n) is 6.39. The molecule has 3 saturated heterocycles. The number of aromatic nitrogens is 1. The largest absolute Gasteiger partial charge is 0.376 e. The van der Waals surface area contributed by atoms with Crippen molar-refractivity contribution in [2.24, 2.45) is 11.8 Å². The maximum Gasteiger partial charge on any atom is 0.251 e. The minimum Gasteiger partial charge on any atom is -0.376 e. The zero-order valence-electron chi connectivity index (χ0n) is 12.7. The lowest BCUT2D eigenvalue weighted by Gasteiger charge is -2.22. The third-order valence-corrected chi connectivity index (χ3v) is 4.77. The van der Waals surface area contributed by atoms with E-state index in [1.807, 2.05) is 13.0 Å². The molecule has 120 valence electrons. The molecule has 0 aromatic carbocycles. The molecule has 3 aliphatic rings. The lowest BCUT2D eigenvalue weighted by atomic mass is 9.92. The predicted molar refractivity (Wildman–Crippen MR) is 75.5 cm³/mol. The molecule has 7 nitrogen and oxygen atoms in total. The summed E-state index contributed by atoms with van der Waals surface area (Å²) in [6, 6.07) is 1.95. The summed E-state index contributed by atoms with van der Waals surface area (Å²) in [4.78, 5) is 20.2. The Morgan fingerprint density at radius 1 is 1.45 bits per heavy atom. The van der Waals surface area contributed by atoms with Crippen LogP contribution in [-0.4, -0.2) is 60.0 Å². The van der Waals surface area contributed by atoms with Crippen molar-refractivity contribution in [3.63, 3.8) is 0 Å². The summed E-state index contributed by atoms with van der Waals surface area (Å²) in [7, 11) is 0. The molecule has 0 aliphatic carbocycles. The molecule has 1 amide bonds. The summed E-state index contributed by atoms with van der Waals surface area (Å²) in [6.45, 7) is 6.21. The first kappa shape index (κ1) is 14.2. The van der Waals surface area contributed by atoms with Crippen LogP contribution in [0.15, 0.2) is 10.6 Å². The Labute approximate surface area is 129 Å². The van der Waals surface area contributed by atoms with Crippen molar-refractivity contribution in [3.05, 3.63) is 17.5 Å². The molecule has 7 heteroatoms. The van der Waals surface area contributed by atoms with E-state index in [0.717, 1.165) is 37.5 Å². The SMILES string of the molecule is Cc1cc(CN2C[C@@H]3[C@H](C2)OC[C@H]3C(=O)N2CCCO2)no1. The third-order valence-electron chi connectivity index (χ3n) is 4.77. The first-order valence-electron chi connectivity index (χ1n) is 7.91. The fraction of sp³-hybridized carbons (Fsp3) is 0.733. The Hall–Kier alpha value is -1.44. The highest BCUT2D eigenvalue weighted by Crippen LogP contribution is 2.35. The summed E-state index contributed by atoms with van der Waals surface area (Å²) in [6.07, 6.45) is 1.06. The van der Waals surface area contributed by atoms with E-state index < -0.39 is 0 Å². The lowest BCUT2D eigenvalue weighted by molar-refractivity contribution is -0.174. The molecular formula is C15H21N3O4. The van der Waals surface area contributed by atoms with Gasteiger partial charge >= 0.3 is 0 Å². The minimum absolute atomic E-state index is 0.0767. The Balaban J connectivity index is 1.39. The number of fused-ring (bicyclic) bond motifs is 1. The van der Waals surface area contributed by atoms with Gasteiger partial charge in [0.05, 0.1) is 37.5 Å². The zero-order valence-corrected chi connectivity index (χ0v) is 12.7. The van der Waals surface area contributed by atoms with Crippen LogP contribution in [0.1, 0.15) is 17.9 Å². The van der Waals surface area contributed by atoms with E-state index in [2.05, 4.69) is 10.1 Å². The van der Waals surface area contributed by atoms with Gasteiger partial charge in [-0.1, -0.05) is 5.16 Å². The van der Waals surface area contributed by atoms with Crippen LogP contribution in [0.25, 0.3) is 0 Å². The van der Waals surface area contributed by atoms with Gasteiger partial charge in [0, 0.05) is 31.6 Å². The summed E-state index contributed by atoms with van der Waals surface area (Å²) < 4.78 is 11.0. The number of hydroxylamine groups is 2. The second kappa shape index (κ2) is 5.64. The topological polar surface area (TPSA) is 68.0 Å². The Kier molecular flexibility index (Phi) is 3.63. The average Bonchev–Trinajstić information content (AvgIpc) is 3.22. The number of carbonyl (C=O) groups excluding carboxylic acids is 1. The molecule has 22 heavy (non-hydrogen) atoms. The van der Waals surface area contributed by atoms with Gasteiger partial charge in [-0.15, -0.1) is 0 Å². The monoisotopic (exact) mass is 307 g/mol. The van der Waals surface area contributed by atoms with Crippen LogP contribution in [0, 0.1) is 18.8 Å². The van der Waals surface area contributed by atoms with Crippen molar-refractivity contribution >= 4 is 5.91 Å². The van der Waals surface area contributed by atoms with Crippen molar-refractivity contribution in [2.75, 3.05) is 32.8 Å². The summed E-state index contributed by atoms with van der Waals surface area (Å²) in [5.41, 5.74) is 0.934. The van der Waals surface area contributed by atoms with Gasteiger partial charge in [0.2, 0.25) is 0 Å². The summed E-state index contributed by atoms with van der Waals surface area (Å²) in [5, 5.41) is 5.57. The van der Waals surface area contributed by atoms with Gasteiger partial charge in [0.1, 0.15) is 5.76 Å². The number of nitrogens with zero attached hydrogens (tertiary/aromatic N) is 3. The van der Waals surface area contributed by atoms with E-state index in [4.69, 9.17) is 14.1 Å². The van der Waals surface area contributed by atoms with Crippen LogP contribution in [-0.2, 0) is 20.9 Å². The number of amides is 1. The van der Waals surface area contributed by atoms with Crippen molar-refractivity contribution in [2.45, 2.75) is 26.0 Å². The molecule has 1 aromatic heterocycles. The maximum absolute atomic E-state index is 12.5. The van der Waals surface area contributed by atoms with E-state index in [9.17, 15) is 4.79 Å². The first-order chi connectivity index (χ1) is 10.7. The number of hydrogen-bond acceptors (Lipinski definition) is 6. The number of ether oxygens (including phenoxy) is 1. The van der Waals surface area contributed by atoms with Gasteiger partial charge in [-0.05, 0) is 13.3 Å². The molecule has 0 unspecified atom stereocenters. The molecule has 3 atom stereocenters. The van der Waals surface area contributed by atoms with Crippen molar-refractivity contribution < 1.29 is 18.9 Å². The van der Waals surface area contributed by atoms with E-state index in [1.165, 1.54) is 5.06 Å². The number of likely N-dealkylation sites (tertiary alicyclic amines) is 1. The van der Waals surface area contributed by atoms with Crippen LogP contribution in [0.4, 0.5) is 0 Å². The molecule has 0 saturated carbocycles. The Bertz CT molecular complexity index is 555. The van der Waals surface area contributed by atoms with E-state index >= 15 is 0 Å². The smallest absolute Gasteiger partial charge is 0.251 e. The van der Waals surface area contributed by atoms with Gasteiger partial charge in [0.25, 0.3) is 5.91 Å². The third kappa shape index (κ3) is 2.53. The van der Waals surface area contributed by atoms with E-state index in [0.29, 0.717) is 19.8 Å². The number of carbonyl (C=O) groups is 1. The number of hydrogen-bond donors (Lipinski definition) is 0. The van der Waals surface area contributed by atoms with Gasteiger partial charge < -0.3 is 9.26 Å². The molecule has 0 radical (unpaired) electrons. The summed E-state index contributed by atoms with van der Waals surface area (Å²) in [5.74, 6) is 1.09.